The van der Waals surface area contributed by atoms with Crippen LogP contribution in [0.4, 0.5) is 0 Å². The van der Waals surface area contributed by atoms with Crippen molar-refractivity contribution in [2.75, 3.05) is 13.9 Å². The van der Waals surface area contributed by atoms with E-state index < -0.39 is 5.97 Å². The van der Waals surface area contributed by atoms with Crippen LogP contribution in [0.5, 0.6) is 11.5 Å². The topological polar surface area (TPSA) is 68.6 Å². The number of nitriles is 1. The normalized spacial score (nSPS) is 13.1. The van der Waals surface area contributed by atoms with Crippen LogP contribution >= 0.6 is 0 Å². The van der Waals surface area contributed by atoms with Gasteiger partial charge in [-0.1, -0.05) is 6.07 Å². The molecule has 0 saturated carbocycles. The highest BCUT2D eigenvalue weighted by atomic mass is 16.7. The molecule has 0 bridgehead atoms. The molecule has 1 heterocycles. The van der Waals surface area contributed by atoms with Crippen molar-refractivity contribution >= 4 is 12.0 Å². The molecule has 5 nitrogen and oxygen atoms in total. The Kier molecular flexibility index (Phi) is 2.97. The summed E-state index contributed by atoms with van der Waals surface area (Å²) in [5.41, 5.74) is 0.613. The average molecular weight is 231 g/mol. The van der Waals surface area contributed by atoms with Gasteiger partial charge in [-0.15, -0.1) is 0 Å². The van der Waals surface area contributed by atoms with Gasteiger partial charge in [-0.3, -0.25) is 0 Å². The van der Waals surface area contributed by atoms with Crippen LogP contribution in [0.1, 0.15) is 5.56 Å². The molecule has 86 valence electrons. The number of carbonyl (C=O) groups excluding carboxylic acids is 1. The predicted molar refractivity (Wildman–Crippen MR) is 58.2 cm³/mol. The second-order valence-corrected chi connectivity index (χ2v) is 3.27. The predicted octanol–water partition coefficient (Wildman–Crippen LogP) is 1.50. The largest absolute Gasteiger partial charge is 0.465 e. The van der Waals surface area contributed by atoms with E-state index in [1.54, 1.807) is 24.3 Å². The lowest BCUT2D eigenvalue weighted by atomic mass is 10.1. The minimum atomic E-state index is -0.662. The van der Waals surface area contributed by atoms with Crippen LogP contribution in [0, 0.1) is 11.3 Å². The molecule has 2 rings (SSSR count). The quantitative estimate of drug-likeness (QED) is 0.438. The van der Waals surface area contributed by atoms with Gasteiger partial charge in [0.1, 0.15) is 11.6 Å². The Morgan fingerprint density at radius 3 is 2.94 bits per heavy atom. The molecule has 0 amide bonds. The number of hydrogen-bond donors (Lipinski definition) is 0. The summed E-state index contributed by atoms with van der Waals surface area (Å²) in [6, 6.07) is 6.93. The second kappa shape index (κ2) is 4.58. The molecule has 0 unspecified atom stereocenters. The first-order chi connectivity index (χ1) is 8.24. The van der Waals surface area contributed by atoms with E-state index in [9.17, 15) is 4.79 Å². The molecule has 0 N–H and O–H groups in total. The molecule has 1 aromatic rings. The van der Waals surface area contributed by atoms with E-state index in [0.29, 0.717) is 17.1 Å². The summed E-state index contributed by atoms with van der Waals surface area (Å²) in [7, 11) is 1.23. The van der Waals surface area contributed by atoms with E-state index in [2.05, 4.69) is 4.74 Å². The summed E-state index contributed by atoms with van der Waals surface area (Å²) in [5.74, 6) is 0.588. The van der Waals surface area contributed by atoms with Crippen LogP contribution in [0.2, 0.25) is 0 Å². The molecule has 0 spiro atoms. The summed E-state index contributed by atoms with van der Waals surface area (Å²) in [6.45, 7) is 0.185. The van der Waals surface area contributed by atoms with Gasteiger partial charge in [-0.05, 0) is 23.8 Å². The fraction of sp³-hybridized carbons (Fsp3) is 0.167. The highest BCUT2D eigenvalue weighted by Crippen LogP contribution is 2.33. The van der Waals surface area contributed by atoms with Crippen LogP contribution in [-0.4, -0.2) is 19.9 Å². The lowest BCUT2D eigenvalue weighted by Crippen LogP contribution is -2.02. The average Bonchev–Trinajstić information content (AvgIpc) is 2.82. The molecular weight excluding hydrogens is 222 g/mol. The molecule has 0 aliphatic carbocycles. The first-order valence-corrected chi connectivity index (χ1v) is 4.84. The Hall–Kier alpha value is -2.48. The van der Waals surface area contributed by atoms with Crippen molar-refractivity contribution < 1.29 is 19.0 Å². The third kappa shape index (κ3) is 2.21. The molecule has 0 aromatic heterocycles. The highest BCUT2D eigenvalue weighted by molar-refractivity contribution is 5.97. The third-order valence-corrected chi connectivity index (χ3v) is 2.23. The number of carbonyl (C=O) groups is 1. The highest BCUT2D eigenvalue weighted by Gasteiger charge is 2.14. The monoisotopic (exact) mass is 231 g/mol. The number of fused-ring (bicyclic) bond motifs is 1. The number of ether oxygens (including phenoxy) is 3. The zero-order chi connectivity index (χ0) is 12.3. The van der Waals surface area contributed by atoms with E-state index in [4.69, 9.17) is 14.7 Å². The van der Waals surface area contributed by atoms with Crippen LogP contribution in [0.3, 0.4) is 0 Å². The maximum absolute atomic E-state index is 11.2. The number of hydrogen-bond acceptors (Lipinski definition) is 5. The van der Waals surface area contributed by atoms with Gasteiger partial charge in [0.15, 0.2) is 11.5 Å². The Bertz CT molecular complexity index is 528. The Morgan fingerprint density at radius 1 is 1.47 bits per heavy atom. The van der Waals surface area contributed by atoms with Gasteiger partial charge in [-0.25, -0.2) is 4.79 Å². The van der Waals surface area contributed by atoms with Crippen molar-refractivity contribution in [3.8, 4) is 17.6 Å². The lowest BCUT2D eigenvalue weighted by molar-refractivity contribution is -0.135. The van der Waals surface area contributed by atoms with Gasteiger partial charge in [0.25, 0.3) is 0 Å². The Morgan fingerprint density at radius 2 is 2.24 bits per heavy atom. The van der Waals surface area contributed by atoms with Crippen molar-refractivity contribution in [1.82, 2.24) is 0 Å². The first-order valence-electron chi connectivity index (χ1n) is 4.84. The van der Waals surface area contributed by atoms with Crippen molar-refractivity contribution in [1.29, 1.82) is 5.26 Å². The lowest BCUT2D eigenvalue weighted by Gasteiger charge is -1.99. The number of rotatable bonds is 2. The zero-order valence-corrected chi connectivity index (χ0v) is 9.10. The van der Waals surface area contributed by atoms with Gasteiger partial charge in [0, 0.05) is 0 Å². The van der Waals surface area contributed by atoms with Crippen molar-refractivity contribution in [3.63, 3.8) is 0 Å². The summed E-state index contributed by atoms with van der Waals surface area (Å²) in [4.78, 5) is 11.2. The number of nitrogens with zero attached hydrogens (tertiary/aromatic N) is 1. The molecule has 0 saturated heterocycles. The van der Waals surface area contributed by atoms with E-state index in [1.807, 2.05) is 0 Å². The van der Waals surface area contributed by atoms with Crippen LogP contribution in [-0.2, 0) is 9.53 Å². The van der Waals surface area contributed by atoms with Crippen LogP contribution in [0.25, 0.3) is 6.08 Å². The van der Waals surface area contributed by atoms with Crippen molar-refractivity contribution in [3.05, 3.63) is 29.3 Å². The van der Waals surface area contributed by atoms with E-state index in [0.717, 1.165) is 0 Å². The van der Waals surface area contributed by atoms with E-state index in [1.165, 1.54) is 13.2 Å². The molecule has 1 aromatic carbocycles. The number of esters is 1. The Balaban J connectivity index is 2.32. The third-order valence-electron chi connectivity index (χ3n) is 2.23. The van der Waals surface area contributed by atoms with Gasteiger partial charge >= 0.3 is 5.97 Å². The van der Waals surface area contributed by atoms with Gasteiger partial charge in [0.2, 0.25) is 6.79 Å². The standard InChI is InChI=1S/C12H9NO4/c1-15-12(14)9(6-13)4-8-2-3-10-11(5-8)17-7-16-10/h2-5H,7H2,1H3/b9-4+. The summed E-state index contributed by atoms with van der Waals surface area (Å²) in [5, 5.41) is 8.81. The van der Waals surface area contributed by atoms with Crippen molar-refractivity contribution in [2.24, 2.45) is 0 Å². The zero-order valence-electron chi connectivity index (χ0n) is 9.10. The van der Waals surface area contributed by atoms with Crippen LogP contribution in [0.15, 0.2) is 23.8 Å². The fourth-order valence-electron chi connectivity index (χ4n) is 1.42. The first kappa shape index (κ1) is 11.0. The van der Waals surface area contributed by atoms with Gasteiger partial charge < -0.3 is 14.2 Å². The van der Waals surface area contributed by atoms with Gasteiger partial charge in [-0.2, -0.15) is 5.26 Å². The number of benzene rings is 1. The molecule has 1 aliphatic rings. The summed E-state index contributed by atoms with van der Waals surface area (Å²) >= 11 is 0. The Labute approximate surface area is 97.8 Å². The number of methoxy groups -OCH3 is 1. The molecule has 0 fully saturated rings. The smallest absolute Gasteiger partial charge is 0.348 e. The minimum Gasteiger partial charge on any atom is -0.465 e. The second-order valence-electron chi connectivity index (χ2n) is 3.27. The summed E-state index contributed by atoms with van der Waals surface area (Å²) in [6.07, 6.45) is 1.44. The van der Waals surface area contributed by atoms with E-state index >= 15 is 0 Å². The maximum Gasteiger partial charge on any atom is 0.348 e. The van der Waals surface area contributed by atoms with Crippen molar-refractivity contribution in [2.45, 2.75) is 0 Å². The van der Waals surface area contributed by atoms with Gasteiger partial charge in [0.05, 0.1) is 7.11 Å². The molecule has 5 heteroatoms. The van der Waals surface area contributed by atoms with E-state index in [-0.39, 0.29) is 12.4 Å². The maximum atomic E-state index is 11.2. The summed E-state index contributed by atoms with van der Waals surface area (Å²) < 4.78 is 14.8. The molecule has 17 heavy (non-hydrogen) atoms. The van der Waals surface area contributed by atoms with Crippen LogP contribution < -0.4 is 9.47 Å². The molecular formula is C12H9NO4. The molecule has 0 atom stereocenters. The SMILES string of the molecule is COC(=O)/C(C#N)=C/c1ccc2c(c1)OCO2. The fourth-order valence-corrected chi connectivity index (χ4v) is 1.42. The molecule has 1 aliphatic heterocycles. The molecule has 0 radical (unpaired) electrons. The minimum absolute atomic E-state index is 0.0636.